The van der Waals surface area contributed by atoms with Gasteiger partial charge in [0.2, 0.25) is 5.95 Å². The van der Waals surface area contributed by atoms with E-state index in [0.29, 0.717) is 12.5 Å². The number of hydrogen-bond acceptors (Lipinski definition) is 4. The van der Waals surface area contributed by atoms with E-state index in [0.717, 1.165) is 23.0 Å². The summed E-state index contributed by atoms with van der Waals surface area (Å²) in [5.74, 6) is 0.589. The van der Waals surface area contributed by atoms with Crippen molar-refractivity contribution in [3.8, 4) is 0 Å². The van der Waals surface area contributed by atoms with E-state index in [-0.39, 0.29) is 12.0 Å². The predicted octanol–water partition coefficient (Wildman–Crippen LogP) is 2.70. The molecule has 0 atom stereocenters. The van der Waals surface area contributed by atoms with Gasteiger partial charge in [-0.1, -0.05) is 13.8 Å². The van der Waals surface area contributed by atoms with Crippen LogP contribution in [0.5, 0.6) is 0 Å². The molecule has 0 unspecified atom stereocenters. The van der Waals surface area contributed by atoms with Crippen LogP contribution in [0, 0.1) is 5.41 Å². The summed E-state index contributed by atoms with van der Waals surface area (Å²) in [4.78, 5) is 4.43. The van der Waals surface area contributed by atoms with Gasteiger partial charge in [0.15, 0.2) is 5.65 Å². The molecule has 2 rings (SSSR count). The van der Waals surface area contributed by atoms with Gasteiger partial charge in [-0.25, -0.2) is 4.52 Å². The lowest BCUT2D eigenvalue weighted by molar-refractivity contribution is 0.127. The molecular formula is C13H19BrN4O. The lowest BCUT2D eigenvalue weighted by Crippen LogP contribution is -2.32. The number of anilines is 1. The van der Waals surface area contributed by atoms with E-state index >= 15 is 0 Å². The number of nitrogens with one attached hydrogen (secondary N) is 1. The molecule has 0 bridgehead atoms. The van der Waals surface area contributed by atoms with Crippen LogP contribution in [-0.4, -0.2) is 32.9 Å². The lowest BCUT2D eigenvalue weighted by Gasteiger charge is -2.29. The van der Waals surface area contributed by atoms with E-state index in [1.54, 1.807) is 4.52 Å². The first-order valence-corrected chi connectivity index (χ1v) is 7.29. The van der Waals surface area contributed by atoms with Crippen molar-refractivity contribution in [2.24, 2.45) is 5.41 Å². The molecule has 0 fully saturated rings. The maximum atomic E-state index is 9.54. The van der Waals surface area contributed by atoms with Crippen LogP contribution in [-0.2, 0) is 0 Å². The highest BCUT2D eigenvalue weighted by atomic mass is 79.9. The second kappa shape index (κ2) is 5.88. The Bertz CT molecular complexity index is 542. The van der Waals surface area contributed by atoms with E-state index in [2.05, 4.69) is 45.2 Å². The van der Waals surface area contributed by atoms with E-state index in [9.17, 15) is 5.11 Å². The van der Waals surface area contributed by atoms with Crippen LogP contribution in [0.4, 0.5) is 5.95 Å². The summed E-state index contributed by atoms with van der Waals surface area (Å²) in [6.07, 6.45) is 3.70. The first-order chi connectivity index (χ1) is 9.14. The Morgan fingerprint density at radius 1 is 1.42 bits per heavy atom. The molecule has 0 aliphatic rings. The number of hydrogen-bond donors (Lipinski definition) is 2. The van der Waals surface area contributed by atoms with Gasteiger partial charge in [0.1, 0.15) is 0 Å². The first-order valence-electron chi connectivity index (χ1n) is 6.50. The lowest BCUT2D eigenvalue weighted by atomic mass is 9.83. The molecule has 6 heteroatoms. The number of fused-ring (bicyclic) bond motifs is 1. The molecule has 0 saturated carbocycles. The fraction of sp³-hybridized carbons (Fsp3) is 0.538. The van der Waals surface area contributed by atoms with Gasteiger partial charge in [-0.2, -0.15) is 4.98 Å². The molecule has 2 aromatic heterocycles. The summed E-state index contributed by atoms with van der Waals surface area (Å²) in [5.41, 5.74) is 0.682. The van der Waals surface area contributed by atoms with Gasteiger partial charge in [0.25, 0.3) is 0 Å². The van der Waals surface area contributed by atoms with Gasteiger partial charge in [-0.3, -0.25) is 0 Å². The summed E-state index contributed by atoms with van der Waals surface area (Å²) in [7, 11) is 0. The standard InChI is InChI=1S/C13H19BrN4O/c1-3-13(4-2,9-19)8-15-12-16-11-10(14)6-5-7-18(11)17-12/h5-7,19H,3-4,8-9H2,1-2H3,(H,15,17). The maximum absolute atomic E-state index is 9.54. The van der Waals surface area contributed by atoms with Crippen molar-refractivity contribution in [1.82, 2.24) is 14.6 Å². The van der Waals surface area contributed by atoms with Crippen LogP contribution >= 0.6 is 15.9 Å². The highest BCUT2D eigenvalue weighted by Gasteiger charge is 2.25. The van der Waals surface area contributed by atoms with Gasteiger partial charge >= 0.3 is 0 Å². The highest BCUT2D eigenvalue weighted by molar-refractivity contribution is 9.10. The zero-order valence-electron chi connectivity index (χ0n) is 11.2. The van der Waals surface area contributed by atoms with Crippen LogP contribution in [0.2, 0.25) is 0 Å². The predicted molar refractivity (Wildman–Crippen MR) is 79.3 cm³/mol. The van der Waals surface area contributed by atoms with Crippen LogP contribution in [0.1, 0.15) is 26.7 Å². The second-order valence-corrected chi connectivity index (χ2v) is 5.63. The zero-order valence-corrected chi connectivity index (χ0v) is 12.8. The van der Waals surface area contributed by atoms with Gasteiger partial charge in [-0.15, -0.1) is 5.10 Å². The smallest absolute Gasteiger partial charge is 0.243 e. The van der Waals surface area contributed by atoms with E-state index in [1.807, 2.05) is 18.3 Å². The Morgan fingerprint density at radius 2 is 2.16 bits per heavy atom. The summed E-state index contributed by atoms with van der Waals surface area (Å²) in [6.45, 7) is 5.03. The van der Waals surface area contributed by atoms with Crippen molar-refractivity contribution in [1.29, 1.82) is 0 Å². The molecule has 2 aromatic rings. The monoisotopic (exact) mass is 326 g/mol. The minimum Gasteiger partial charge on any atom is -0.396 e. The number of halogens is 1. The van der Waals surface area contributed by atoms with Crippen molar-refractivity contribution < 1.29 is 5.11 Å². The van der Waals surface area contributed by atoms with Gasteiger partial charge in [0, 0.05) is 18.2 Å². The highest BCUT2D eigenvalue weighted by Crippen LogP contribution is 2.26. The Kier molecular flexibility index (Phi) is 4.42. The molecule has 19 heavy (non-hydrogen) atoms. The third-order valence-corrected chi connectivity index (χ3v) is 4.39. The van der Waals surface area contributed by atoms with Crippen LogP contribution < -0.4 is 5.32 Å². The SMILES string of the molecule is CCC(CC)(CO)CNc1nc2c(Br)cccn2n1. The molecule has 0 saturated heterocycles. The van der Waals surface area contributed by atoms with Gasteiger partial charge < -0.3 is 10.4 Å². The molecule has 0 aromatic carbocycles. The van der Waals surface area contributed by atoms with Crippen molar-refractivity contribution in [3.05, 3.63) is 22.8 Å². The third-order valence-electron chi connectivity index (χ3n) is 3.77. The third kappa shape index (κ3) is 2.90. The summed E-state index contributed by atoms with van der Waals surface area (Å²) >= 11 is 3.45. The van der Waals surface area contributed by atoms with Crippen molar-refractivity contribution in [3.63, 3.8) is 0 Å². The number of aromatic nitrogens is 3. The first kappa shape index (κ1) is 14.3. The molecule has 0 amide bonds. The largest absolute Gasteiger partial charge is 0.396 e. The minimum absolute atomic E-state index is 0.102. The Morgan fingerprint density at radius 3 is 2.74 bits per heavy atom. The molecule has 5 nitrogen and oxygen atoms in total. The van der Waals surface area contributed by atoms with Crippen LogP contribution in [0.25, 0.3) is 5.65 Å². The molecule has 0 aliphatic heterocycles. The average molecular weight is 327 g/mol. The summed E-state index contributed by atoms with van der Waals surface area (Å²) < 4.78 is 2.64. The molecular weight excluding hydrogens is 308 g/mol. The van der Waals surface area contributed by atoms with Crippen LogP contribution in [0.3, 0.4) is 0 Å². The number of rotatable bonds is 6. The number of aliphatic hydroxyl groups is 1. The fourth-order valence-electron chi connectivity index (χ4n) is 1.99. The number of nitrogens with zero attached hydrogens (tertiary/aromatic N) is 3. The van der Waals surface area contributed by atoms with E-state index < -0.39 is 0 Å². The minimum atomic E-state index is -0.102. The Hall–Kier alpha value is -1.14. The topological polar surface area (TPSA) is 62.5 Å². The summed E-state index contributed by atoms with van der Waals surface area (Å²) in [6, 6.07) is 3.84. The van der Waals surface area contributed by atoms with E-state index in [1.165, 1.54) is 0 Å². The second-order valence-electron chi connectivity index (χ2n) is 4.78. The Balaban J connectivity index is 2.16. The normalized spacial score (nSPS) is 12.0. The number of pyridine rings is 1. The summed E-state index contributed by atoms with van der Waals surface area (Å²) in [5, 5.41) is 17.1. The fourth-order valence-corrected chi connectivity index (χ4v) is 2.42. The van der Waals surface area contributed by atoms with Crippen molar-refractivity contribution >= 4 is 27.5 Å². The molecule has 104 valence electrons. The maximum Gasteiger partial charge on any atom is 0.243 e. The molecule has 0 aliphatic carbocycles. The Labute approximate surface area is 121 Å². The van der Waals surface area contributed by atoms with Crippen LogP contribution in [0.15, 0.2) is 22.8 Å². The van der Waals surface area contributed by atoms with Crippen molar-refractivity contribution in [2.75, 3.05) is 18.5 Å². The quantitative estimate of drug-likeness (QED) is 0.856. The van der Waals surface area contributed by atoms with Gasteiger partial charge in [0.05, 0.1) is 11.1 Å². The van der Waals surface area contributed by atoms with Gasteiger partial charge in [-0.05, 0) is 40.9 Å². The zero-order chi connectivity index (χ0) is 13.9. The van der Waals surface area contributed by atoms with Crippen molar-refractivity contribution in [2.45, 2.75) is 26.7 Å². The molecule has 2 heterocycles. The van der Waals surface area contributed by atoms with E-state index in [4.69, 9.17) is 0 Å². The molecule has 2 N–H and O–H groups in total. The average Bonchev–Trinajstić information content (AvgIpc) is 2.86. The molecule has 0 spiro atoms. The molecule has 0 radical (unpaired) electrons. The number of aliphatic hydroxyl groups excluding tert-OH is 1.